The van der Waals surface area contributed by atoms with Gasteiger partial charge in [0.05, 0.1) is 20.1 Å². The molecule has 20 heavy (non-hydrogen) atoms. The summed E-state index contributed by atoms with van der Waals surface area (Å²) in [6, 6.07) is 9.10. The number of hydrogen-bond acceptors (Lipinski definition) is 4. The summed E-state index contributed by atoms with van der Waals surface area (Å²) < 4.78 is 10.4. The molecular weight excluding hydrogens is 276 g/mol. The Labute approximate surface area is 121 Å². The van der Waals surface area contributed by atoms with Crippen molar-refractivity contribution in [3.05, 3.63) is 46.2 Å². The molecule has 0 spiro atoms. The maximum Gasteiger partial charge on any atom is 0.311 e. The van der Waals surface area contributed by atoms with Crippen LogP contribution in [0.25, 0.3) is 0 Å². The Morgan fingerprint density at radius 2 is 2.00 bits per heavy atom. The first-order valence-corrected chi connectivity index (χ1v) is 7.00. The van der Waals surface area contributed by atoms with E-state index in [1.54, 1.807) is 36.6 Å². The number of rotatable bonds is 6. The van der Waals surface area contributed by atoms with Crippen molar-refractivity contribution >= 4 is 17.3 Å². The zero-order valence-electron chi connectivity index (χ0n) is 11.3. The fourth-order valence-electron chi connectivity index (χ4n) is 2.05. The Morgan fingerprint density at radius 3 is 2.55 bits per heavy atom. The molecule has 0 aliphatic carbocycles. The number of ether oxygens (including phenoxy) is 2. The van der Waals surface area contributed by atoms with Gasteiger partial charge in [-0.15, -0.1) is 11.3 Å². The van der Waals surface area contributed by atoms with Gasteiger partial charge >= 0.3 is 5.97 Å². The molecular formula is C15H16O4S. The first-order chi connectivity index (χ1) is 9.65. The lowest BCUT2D eigenvalue weighted by Crippen LogP contribution is -2.14. The molecule has 1 N–H and O–H groups in total. The highest BCUT2D eigenvalue weighted by molar-refractivity contribution is 7.09. The molecule has 0 saturated heterocycles. The van der Waals surface area contributed by atoms with Gasteiger partial charge in [0, 0.05) is 4.88 Å². The molecule has 0 aliphatic heterocycles. The molecule has 1 heterocycles. The van der Waals surface area contributed by atoms with Crippen molar-refractivity contribution in [2.45, 2.75) is 12.3 Å². The quantitative estimate of drug-likeness (QED) is 0.888. The predicted molar refractivity (Wildman–Crippen MR) is 77.9 cm³/mol. The molecule has 1 atom stereocenters. The van der Waals surface area contributed by atoms with Crippen LogP contribution in [0.3, 0.4) is 0 Å². The molecule has 0 fully saturated rings. The highest BCUT2D eigenvalue weighted by Crippen LogP contribution is 2.32. The van der Waals surface area contributed by atoms with Crippen molar-refractivity contribution < 1.29 is 19.4 Å². The lowest BCUT2D eigenvalue weighted by atomic mass is 9.95. The third-order valence-electron chi connectivity index (χ3n) is 3.09. The lowest BCUT2D eigenvalue weighted by Gasteiger charge is -2.14. The first kappa shape index (κ1) is 14.4. The number of benzene rings is 1. The molecule has 0 saturated carbocycles. The molecule has 1 aromatic carbocycles. The van der Waals surface area contributed by atoms with E-state index in [-0.39, 0.29) is 0 Å². The fourth-order valence-corrected chi connectivity index (χ4v) is 2.80. The van der Waals surface area contributed by atoms with Crippen molar-refractivity contribution in [2.24, 2.45) is 0 Å². The lowest BCUT2D eigenvalue weighted by molar-refractivity contribution is -0.138. The third-order valence-corrected chi connectivity index (χ3v) is 3.99. The minimum Gasteiger partial charge on any atom is -0.493 e. The van der Waals surface area contributed by atoms with Crippen molar-refractivity contribution in [1.29, 1.82) is 0 Å². The summed E-state index contributed by atoms with van der Waals surface area (Å²) in [5, 5.41) is 11.4. The summed E-state index contributed by atoms with van der Waals surface area (Å²) >= 11 is 1.56. The van der Waals surface area contributed by atoms with Gasteiger partial charge in [0.1, 0.15) is 0 Å². The van der Waals surface area contributed by atoms with E-state index in [0.717, 1.165) is 4.88 Å². The van der Waals surface area contributed by atoms with E-state index in [4.69, 9.17) is 9.47 Å². The van der Waals surface area contributed by atoms with Gasteiger partial charge in [-0.25, -0.2) is 0 Å². The molecule has 2 rings (SSSR count). The van der Waals surface area contributed by atoms with Crippen molar-refractivity contribution in [2.75, 3.05) is 14.2 Å². The second-order valence-electron chi connectivity index (χ2n) is 4.29. The van der Waals surface area contributed by atoms with E-state index in [1.165, 1.54) is 7.11 Å². The summed E-state index contributed by atoms with van der Waals surface area (Å²) in [5.74, 6) is -0.294. The molecule has 1 unspecified atom stereocenters. The molecule has 1 aromatic heterocycles. The van der Waals surface area contributed by atoms with E-state index in [2.05, 4.69) is 0 Å². The highest BCUT2D eigenvalue weighted by atomic mass is 32.1. The number of hydrogen-bond donors (Lipinski definition) is 1. The van der Waals surface area contributed by atoms with Gasteiger partial charge in [-0.1, -0.05) is 12.1 Å². The van der Waals surface area contributed by atoms with Crippen LogP contribution in [0.2, 0.25) is 0 Å². The van der Waals surface area contributed by atoms with Crippen molar-refractivity contribution in [3.8, 4) is 11.5 Å². The summed E-state index contributed by atoms with van der Waals surface area (Å²) in [7, 11) is 3.09. The van der Waals surface area contributed by atoms with Crippen LogP contribution in [0.5, 0.6) is 11.5 Å². The number of methoxy groups -OCH3 is 2. The van der Waals surface area contributed by atoms with Crippen LogP contribution in [-0.2, 0) is 11.2 Å². The number of aliphatic carboxylic acids is 1. The van der Waals surface area contributed by atoms with E-state index in [9.17, 15) is 9.90 Å². The summed E-state index contributed by atoms with van der Waals surface area (Å²) in [4.78, 5) is 12.6. The molecule has 4 nitrogen and oxygen atoms in total. The van der Waals surface area contributed by atoms with Gasteiger partial charge in [-0.3, -0.25) is 4.79 Å². The Kier molecular flexibility index (Phi) is 4.63. The molecule has 0 bridgehead atoms. The van der Waals surface area contributed by atoms with E-state index in [0.29, 0.717) is 23.5 Å². The summed E-state index contributed by atoms with van der Waals surface area (Å²) in [6.07, 6.45) is 0.475. The maximum absolute atomic E-state index is 11.5. The maximum atomic E-state index is 11.5. The standard InChI is InChI=1S/C15H16O4S/c1-18-13-6-5-10(8-14(13)19-2)12(15(16)17)9-11-4-3-7-20-11/h3-8,12H,9H2,1-2H3,(H,16,17). The normalized spacial score (nSPS) is 11.9. The number of thiophene rings is 1. The van der Waals surface area contributed by atoms with Gasteiger partial charge in [-0.2, -0.15) is 0 Å². The average Bonchev–Trinajstić information content (AvgIpc) is 2.96. The van der Waals surface area contributed by atoms with Gasteiger partial charge in [0.25, 0.3) is 0 Å². The van der Waals surface area contributed by atoms with Crippen molar-refractivity contribution in [3.63, 3.8) is 0 Å². The minimum atomic E-state index is -0.842. The van der Waals surface area contributed by atoms with Gasteiger partial charge < -0.3 is 14.6 Å². The van der Waals surface area contributed by atoms with Crippen LogP contribution >= 0.6 is 11.3 Å². The Morgan fingerprint density at radius 1 is 1.25 bits per heavy atom. The zero-order chi connectivity index (χ0) is 14.5. The van der Waals surface area contributed by atoms with E-state index in [1.807, 2.05) is 17.5 Å². The summed E-state index contributed by atoms with van der Waals surface area (Å²) in [6.45, 7) is 0. The highest BCUT2D eigenvalue weighted by Gasteiger charge is 2.22. The Bertz CT molecular complexity index is 578. The molecule has 106 valence electrons. The van der Waals surface area contributed by atoms with Crippen LogP contribution in [0.4, 0.5) is 0 Å². The molecule has 0 aliphatic rings. The number of carboxylic acid groups (broad SMARTS) is 1. The van der Waals surface area contributed by atoms with Gasteiger partial charge in [0.2, 0.25) is 0 Å². The first-order valence-electron chi connectivity index (χ1n) is 6.12. The Balaban J connectivity index is 2.32. The van der Waals surface area contributed by atoms with Crippen LogP contribution < -0.4 is 9.47 Å². The minimum absolute atomic E-state index is 0.475. The largest absolute Gasteiger partial charge is 0.493 e. The number of carbonyl (C=O) groups is 1. The number of carboxylic acids is 1. The van der Waals surface area contributed by atoms with Crippen LogP contribution in [0.15, 0.2) is 35.7 Å². The van der Waals surface area contributed by atoms with Gasteiger partial charge in [0.15, 0.2) is 11.5 Å². The zero-order valence-corrected chi connectivity index (χ0v) is 12.1. The molecule has 2 aromatic rings. The van der Waals surface area contributed by atoms with Crippen molar-refractivity contribution in [1.82, 2.24) is 0 Å². The van der Waals surface area contributed by atoms with Gasteiger partial charge in [-0.05, 0) is 35.6 Å². The fraction of sp³-hybridized carbons (Fsp3) is 0.267. The molecule has 0 amide bonds. The third kappa shape index (κ3) is 3.11. The van der Waals surface area contributed by atoms with Crippen LogP contribution in [0, 0.1) is 0 Å². The monoisotopic (exact) mass is 292 g/mol. The predicted octanol–water partition coefficient (Wildman–Crippen LogP) is 3.18. The smallest absolute Gasteiger partial charge is 0.311 e. The molecule has 5 heteroatoms. The van der Waals surface area contributed by atoms with E-state index >= 15 is 0 Å². The van der Waals surface area contributed by atoms with Crippen LogP contribution in [-0.4, -0.2) is 25.3 Å². The average molecular weight is 292 g/mol. The summed E-state index contributed by atoms with van der Waals surface area (Å²) in [5.41, 5.74) is 0.712. The molecule has 0 radical (unpaired) electrons. The van der Waals surface area contributed by atoms with Crippen LogP contribution in [0.1, 0.15) is 16.4 Å². The second kappa shape index (κ2) is 6.43. The van der Waals surface area contributed by atoms with E-state index < -0.39 is 11.9 Å². The SMILES string of the molecule is COc1ccc(C(Cc2cccs2)C(=O)O)cc1OC. The second-order valence-corrected chi connectivity index (χ2v) is 5.32. The topological polar surface area (TPSA) is 55.8 Å². The Hall–Kier alpha value is -2.01.